The van der Waals surface area contributed by atoms with Crippen LogP contribution >= 0.6 is 0 Å². The van der Waals surface area contributed by atoms with E-state index in [-0.39, 0.29) is 28.1 Å². The van der Waals surface area contributed by atoms with Crippen LogP contribution in [0.25, 0.3) is 11.2 Å². The molecule has 1 unspecified atom stereocenters. The smallest absolute Gasteiger partial charge is 0.338 e. The quantitative estimate of drug-likeness (QED) is 0.305. The number of anilines is 1. The first kappa shape index (κ1) is 25.2. The number of carbonyl (C=O) groups excluding carboxylic acids is 2. The highest BCUT2D eigenvalue weighted by Crippen LogP contribution is 2.48. The number of esters is 2. The summed E-state index contributed by atoms with van der Waals surface area (Å²) in [5, 5.41) is 22.1. The second-order valence-electron chi connectivity index (χ2n) is 8.93. The van der Waals surface area contributed by atoms with E-state index in [0.29, 0.717) is 0 Å². The highest BCUT2D eigenvalue weighted by atomic mass is 19.1. The number of hydrogen-bond acceptors (Lipinski definition) is 10. The molecule has 1 aliphatic carbocycles. The molecule has 0 radical (unpaired) electrons. The van der Waals surface area contributed by atoms with E-state index in [4.69, 9.17) is 15.2 Å². The number of halogens is 1. The van der Waals surface area contributed by atoms with Crippen molar-refractivity contribution in [3.63, 3.8) is 0 Å². The Hall–Kier alpha value is -4.42. The third-order valence-corrected chi connectivity index (χ3v) is 6.76. The van der Waals surface area contributed by atoms with Gasteiger partial charge in [-0.25, -0.2) is 28.9 Å². The van der Waals surface area contributed by atoms with E-state index < -0.39 is 55.0 Å². The number of imidazole rings is 1. The SMILES string of the molecule is Nc1ncnc2c1ncn2[C@H]1[C@@H](F)[C@H](OC(=O)c2ccccc2)[C@@H](COC(=O)c2ccccc2)C1(O)CO. The number of benzene rings is 2. The van der Waals surface area contributed by atoms with E-state index in [1.54, 1.807) is 36.4 Å². The Labute approximate surface area is 215 Å². The van der Waals surface area contributed by atoms with Crippen LogP contribution in [0.2, 0.25) is 0 Å². The molecule has 2 aromatic heterocycles. The number of nitrogens with two attached hydrogens (primary N) is 1. The molecule has 4 aromatic rings. The van der Waals surface area contributed by atoms with Gasteiger partial charge in [0.25, 0.3) is 0 Å². The number of fused-ring (bicyclic) bond motifs is 1. The fourth-order valence-corrected chi connectivity index (χ4v) is 4.83. The summed E-state index contributed by atoms with van der Waals surface area (Å²) in [6.07, 6.45) is -1.30. The van der Waals surface area contributed by atoms with Crippen molar-refractivity contribution in [3.8, 4) is 0 Å². The van der Waals surface area contributed by atoms with Crippen molar-refractivity contribution in [2.75, 3.05) is 18.9 Å². The number of aliphatic hydroxyl groups is 2. The number of alkyl halides is 1. The molecule has 5 atom stereocenters. The van der Waals surface area contributed by atoms with Crippen molar-refractivity contribution >= 4 is 28.9 Å². The molecule has 1 aliphatic rings. The van der Waals surface area contributed by atoms with Gasteiger partial charge < -0.3 is 30.0 Å². The van der Waals surface area contributed by atoms with Gasteiger partial charge >= 0.3 is 11.9 Å². The Kier molecular flexibility index (Phi) is 6.74. The number of nitrogens with zero attached hydrogens (tertiary/aromatic N) is 4. The maximum absolute atomic E-state index is 16.3. The number of nitrogen functional groups attached to an aromatic ring is 1. The number of carbonyl (C=O) groups is 2. The average molecular weight is 522 g/mol. The molecule has 11 nitrogen and oxygen atoms in total. The van der Waals surface area contributed by atoms with E-state index in [2.05, 4.69) is 15.0 Å². The fourth-order valence-electron chi connectivity index (χ4n) is 4.83. The highest BCUT2D eigenvalue weighted by molar-refractivity contribution is 5.90. The van der Waals surface area contributed by atoms with Crippen molar-refractivity contribution < 1.29 is 33.7 Å². The van der Waals surface area contributed by atoms with Gasteiger partial charge in [-0.05, 0) is 24.3 Å². The molecule has 1 saturated carbocycles. The van der Waals surface area contributed by atoms with Crippen molar-refractivity contribution in [1.29, 1.82) is 0 Å². The molecule has 0 bridgehead atoms. The number of aliphatic hydroxyl groups excluding tert-OH is 1. The van der Waals surface area contributed by atoms with Crippen molar-refractivity contribution in [2.45, 2.75) is 23.9 Å². The second-order valence-corrected chi connectivity index (χ2v) is 8.93. The van der Waals surface area contributed by atoms with E-state index in [1.807, 2.05) is 0 Å². The molecule has 0 saturated heterocycles. The number of ether oxygens (including phenoxy) is 2. The lowest BCUT2D eigenvalue weighted by Crippen LogP contribution is -2.48. The Balaban J connectivity index is 1.53. The lowest BCUT2D eigenvalue weighted by atomic mass is 9.88. The third-order valence-electron chi connectivity index (χ3n) is 6.76. The summed E-state index contributed by atoms with van der Waals surface area (Å²) < 4.78 is 28.5. The highest BCUT2D eigenvalue weighted by Gasteiger charge is 2.63. The predicted molar refractivity (Wildman–Crippen MR) is 132 cm³/mol. The summed E-state index contributed by atoms with van der Waals surface area (Å²) in [7, 11) is 0. The molecule has 1 fully saturated rings. The zero-order valence-corrected chi connectivity index (χ0v) is 19.9. The van der Waals surface area contributed by atoms with Crippen molar-refractivity contribution in [1.82, 2.24) is 19.5 Å². The Morgan fingerprint density at radius 2 is 1.63 bits per heavy atom. The summed E-state index contributed by atoms with van der Waals surface area (Å²) in [5.74, 6) is -2.90. The largest absolute Gasteiger partial charge is 0.462 e. The fraction of sp³-hybridized carbons (Fsp3) is 0.269. The molecule has 2 aromatic carbocycles. The van der Waals surface area contributed by atoms with Crippen LogP contribution < -0.4 is 5.73 Å². The van der Waals surface area contributed by atoms with E-state index >= 15 is 4.39 Å². The van der Waals surface area contributed by atoms with Crippen LogP contribution in [0.5, 0.6) is 0 Å². The van der Waals surface area contributed by atoms with Crippen LogP contribution in [0.3, 0.4) is 0 Å². The molecule has 2 heterocycles. The molecule has 0 spiro atoms. The minimum absolute atomic E-state index is 0.0371. The topological polar surface area (TPSA) is 163 Å². The maximum Gasteiger partial charge on any atom is 0.338 e. The lowest BCUT2D eigenvalue weighted by Gasteiger charge is -2.34. The normalized spacial score (nSPS) is 24.8. The van der Waals surface area contributed by atoms with Gasteiger partial charge in [-0.15, -0.1) is 0 Å². The first-order valence-corrected chi connectivity index (χ1v) is 11.7. The predicted octanol–water partition coefficient (Wildman–Crippen LogP) is 1.72. The molecule has 12 heteroatoms. The molecule has 4 N–H and O–H groups in total. The zero-order chi connectivity index (χ0) is 26.9. The van der Waals surface area contributed by atoms with Crippen LogP contribution in [0, 0.1) is 5.92 Å². The molecule has 0 aliphatic heterocycles. The van der Waals surface area contributed by atoms with Crippen molar-refractivity contribution in [3.05, 3.63) is 84.4 Å². The average Bonchev–Trinajstić information content (AvgIpc) is 3.45. The van der Waals surface area contributed by atoms with Gasteiger partial charge in [0.05, 0.1) is 30.0 Å². The van der Waals surface area contributed by atoms with Gasteiger partial charge in [-0.3, -0.25) is 0 Å². The molecule has 38 heavy (non-hydrogen) atoms. The van der Waals surface area contributed by atoms with Gasteiger partial charge in [0.2, 0.25) is 0 Å². The molecular formula is C26H24FN5O6. The summed E-state index contributed by atoms with van der Waals surface area (Å²) in [4.78, 5) is 37.6. The Bertz CT molecular complexity index is 1450. The molecule has 0 amide bonds. The second kappa shape index (κ2) is 10.1. The van der Waals surface area contributed by atoms with Crippen LogP contribution in [0.15, 0.2) is 73.3 Å². The minimum atomic E-state index is -2.26. The van der Waals surface area contributed by atoms with E-state index in [0.717, 1.165) is 6.33 Å². The number of rotatable bonds is 7. The summed E-state index contributed by atoms with van der Waals surface area (Å²) in [6, 6.07) is 14.5. The first-order chi connectivity index (χ1) is 18.3. The van der Waals surface area contributed by atoms with Gasteiger partial charge in [-0.1, -0.05) is 36.4 Å². The zero-order valence-electron chi connectivity index (χ0n) is 19.9. The number of aromatic nitrogens is 4. The third kappa shape index (κ3) is 4.33. The van der Waals surface area contributed by atoms with Crippen LogP contribution in [0.4, 0.5) is 10.2 Å². The van der Waals surface area contributed by atoms with Crippen molar-refractivity contribution in [2.24, 2.45) is 5.92 Å². The van der Waals surface area contributed by atoms with Gasteiger partial charge in [-0.2, -0.15) is 0 Å². The minimum Gasteiger partial charge on any atom is -0.462 e. The summed E-state index contributed by atoms with van der Waals surface area (Å²) >= 11 is 0. The monoisotopic (exact) mass is 521 g/mol. The van der Waals surface area contributed by atoms with Crippen LogP contribution in [-0.4, -0.2) is 72.8 Å². The van der Waals surface area contributed by atoms with Crippen LogP contribution in [-0.2, 0) is 9.47 Å². The van der Waals surface area contributed by atoms with Gasteiger partial charge in [0.15, 0.2) is 17.6 Å². The van der Waals surface area contributed by atoms with E-state index in [1.165, 1.54) is 35.2 Å². The molecular weight excluding hydrogens is 497 g/mol. The Morgan fingerprint density at radius 1 is 1.00 bits per heavy atom. The van der Waals surface area contributed by atoms with Gasteiger partial charge in [0.1, 0.15) is 36.2 Å². The standard InChI is InChI=1S/C26H24FN5O6/c27-18-20(38-25(35)16-9-5-2-6-10-16)17(11-37-24(34)15-7-3-1-4-8-15)26(36,12-33)21(18)32-14-31-19-22(28)29-13-30-23(19)32/h1-10,13-14,17-18,20-21,33,36H,11-12H2,(H2,28,29,30)/t17-,18+,20-,21+,26?/m1/s1. The number of hydrogen-bond donors (Lipinski definition) is 3. The van der Waals surface area contributed by atoms with E-state index in [9.17, 15) is 19.8 Å². The maximum atomic E-state index is 16.3. The lowest BCUT2D eigenvalue weighted by molar-refractivity contribution is -0.102. The Morgan fingerprint density at radius 3 is 2.26 bits per heavy atom. The molecule has 196 valence electrons. The summed E-state index contributed by atoms with van der Waals surface area (Å²) in [5.41, 5.74) is 4.26. The van der Waals surface area contributed by atoms with Crippen LogP contribution in [0.1, 0.15) is 26.8 Å². The first-order valence-electron chi connectivity index (χ1n) is 11.7. The molecule has 5 rings (SSSR count). The van der Waals surface area contributed by atoms with Gasteiger partial charge in [0, 0.05) is 0 Å². The summed E-state index contributed by atoms with van der Waals surface area (Å²) in [6.45, 7) is -1.51.